The van der Waals surface area contributed by atoms with E-state index in [1.165, 1.54) is 25.7 Å². The monoisotopic (exact) mass is 390 g/mol. The number of phenolic OH excluding ortho intramolecular Hbond substituents is 1. The third-order valence-corrected chi connectivity index (χ3v) is 5.76. The first kappa shape index (κ1) is 19.3. The summed E-state index contributed by atoms with van der Waals surface area (Å²) in [4.78, 5) is 11.0. The summed E-state index contributed by atoms with van der Waals surface area (Å²) in [6, 6.07) is 17.4. The van der Waals surface area contributed by atoms with Crippen LogP contribution < -0.4 is 4.74 Å². The van der Waals surface area contributed by atoms with Crippen molar-refractivity contribution in [1.82, 2.24) is 0 Å². The van der Waals surface area contributed by atoms with Crippen LogP contribution in [-0.2, 0) is 11.2 Å². The lowest BCUT2D eigenvalue weighted by atomic mass is 9.97. The van der Waals surface area contributed by atoms with Crippen molar-refractivity contribution in [2.24, 2.45) is 5.92 Å². The lowest BCUT2D eigenvalue weighted by Gasteiger charge is -2.16. The minimum atomic E-state index is -0.793. The maximum atomic E-state index is 11.0. The van der Waals surface area contributed by atoms with Crippen LogP contribution in [0.1, 0.15) is 37.7 Å². The topological polar surface area (TPSA) is 66.8 Å². The highest BCUT2D eigenvalue weighted by molar-refractivity contribution is 5.89. The van der Waals surface area contributed by atoms with Gasteiger partial charge in [0.2, 0.25) is 0 Å². The van der Waals surface area contributed by atoms with E-state index in [0.29, 0.717) is 12.3 Å². The van der Waals surface area contributed by atoms with Crippen molar-refractivity contribution in [3.8, 4) is 22.6 Å². The molecule has 0 unspecified atom stereocenters. The van der Waals surface area contributed by atoms with Gasteiger partial charge < -0.3 is 14.9 Å². The number of benzene rings is 3. The van der Waals surface area contributed by atoms with Crippen molar-refractivity contribution in [3.63, 3.8) is 0 Å². The maximum Gasteiger partial charge on any atom is 0.303 e. The number of carboxylic acids is 1. The fraction of sp³-hybridized carbons (Fsp3) is 0.320. The minimum absolute atomic E-state index is 0.110. The molecule has 0 saturated heterocycles. The average molecular weight is 390 g/mol. The highest BCUT2D eigenvalue weighted by Gasteiger charge is 2.17. The number of aryl methyl sites for hydroxylation is 1. The van der Waals surface area contributed by atoms with Gasteiger partial charge >= 0.3 is 5.97 Å². The molecule has 0 spiro atoms. The summed E-state index contributed by atoms with van der Waals surface area (Å²) < 4.78 is 6.23. The van der Waals surface area contributed by atoms with E-state index < -0.39 is 5.97 Å². The molecule has 1 aliphatic carbocycles. The molecule has 1 fully saturated rings. The van der Waals surface area contributed by atoms with Crippen molar-refractivity contribution in [3.05, 3.63) is 60.2 Å². The number of aliphatic carboxylic acids is 1. The summed E-state index contributed by atoms with van der Waals surface area (Å²) in [5.41, 5.74) is 3.00. The first-order valence-electron chi connectivity index (χ1n) is 10.3. The summed E-state index contributed by atoms with van der Waals surface area (Å²) in [6.07, 6.45) is 5.63. The van der Waals surface area contributed by atoms with E-state index in [2.05, 4.69) is 12.1 Å². The van der Waals surface area contributed by atoms with Gasteiger partial charge in [0, 0.05) is 12.0 Å². The number of fused-ring (bicyclic) bond motifs is 1. The Morgan fingerprint density at radius 2 is 1.72 bits per heavy atom. The van der Waals surface area contributed by atoms with Crippen LogP contribution in [0.3, 0.4) is 0 Å². The lowest BCUT2D eigenvalue weighted by Crippen LogP contribution is -2.09. The van der Waals surface area contributed by atoms with Gasteiger partial charge in [-0.05, 0) is 77.4 Å². The van der Waals surface area contributed by atoms with Crippen molar-refractivity contribution >= 4 is 16.7 Å². The molecule has 0 aromatic heterocycles. The zero-order chi connectivity index (χ0) is 20.2. The summed E-state index contributed by atoms with van der Waals surface area (Å²) in [5, 5.41) is 20.7. The van der Waals surface area contributed by atoms with E-state index >= 15 is 0 Å². The SMILES string of the molecule is O=C(O)CCc1ccc(OCC2CCCC2)c(-c2ccc3cc(O)ccc3c2)c1. The third kappa shape index (κ3) is 4.70. The Labute approximate surface area is 170 Å². The second-order valence-electron chi connectivity index (χ2n) is 7.93. The van der Waals surface area contributed by atoms with Crippen LogP contribution >= 0.6 is 0 Å². The summed E-state index contributed by atoms with van der Waals surface area (Å²) in [7, 11) is 0. The van der Waals surface area contributed by atoms with E-state index in [9.17, 15) is 9.90 Å². The first-order chi connectivity index (χ1) is 14.1. The highest BCUT2D eigenvalue weighted by Crippen LogP contribution is 2.35. The quantitative estimate of drug-likeness (QED) is 0.535. The van der Waals surface area contributed by atoms with Crippen LogP contribution in [0.5, 0.6) is 11.5 Å². The Bertz CT molecular complexity index is 1020. The Balaban J connectivity index is 1.67. The molecule has 0 amide bonds. The van der Waals surface area contributed by atoms with Gasteiger partial charge in [-0.1, -0.05) is 37.1 Å². The maximum absolute atomic E-state index is 11.0. The lowest BCUT2D eigenvalue weighted by molar-refractivity contribution is -0.136. The summed E-state index contributed by atoms with van der Waals surface area (Å²) in [6.45, 7) is 0.725. The Kier molecular flexibility index (Phi) is 5.70. The number of hydrogen-bond donors (Lipinski definition) is 2. The smallest absolute Gasteiger partial charge is 0.303 e. The van der Waals surface area contributed by atoms with Crippen LogP contribution in [-0.4, -0.2) is 22.8 Å². The van der Waals surface area contributed by atoms with Gasteiger partial charge in [0.1, 0.15) is 11.5 Å². The van der Waals surface area contributed by atoms with E-state index in [0.717, 1.165) is 39.8 Å². The molecule has 29 heavy (non-hydrogen) atoms. The number of aromatic hydroxyl groups is 1. The van der Waals surface area contributed by atoms with E-state index in [1.807, 2.05) is 30.3 Å². The molecule has 1 aliphatic rings. The zero-order valence-corrected chi connectivity index (χ0v) is 16.4. The molecule has 0 radical (unpaired) electrons. The van der Waals surface area contributed by atoms with E-state index in [1.54, 1.807) is 12.1 Å². The number of rotatable bonds is 7. The van der Waals surface area contributed by atoms with Crippen LogP contribution in [0.2, 0.25) is 0 Å². The van der Waals surface area contributed by atoms with Crippen molar-refractivity contribution in [2.45, 2.75) is 38.5 Å². The molecule has 0 bridgehead atoms. The molecule has 1 saturated carbocycles. The molecule has 3 aromatic carbocycles. The van der Waals surface area contributed by atoms with Gasteiger partial charge in [0.15, 0.2) is 0 Å². The van der Waals surface area contributed by atoms with Gasteiger partial charge in [-0.2, -0.15) is 0 Å². The van der Waals surface area contributed by atoms with E-state index in [-0.39, 0.29) is 12.2 Å². The highest BCUT2D eigenvalue weighted by atomic mass is 16.5. The average Bonchev–Trinajstić information content (AvgIpc) is 3.24. The van der Waals surface area contributed by atoms with Crippen LogP contribution in [0.15, 0.2) is 54.6 Å². The fourth-order valence-electron chi connectivity index (χ4n) is 4.12. The summed E-state index contributed by atoms with van der Waals surface area (Å²) in [5.74, 6) is 0.920. The Morgan fingerprint density at radius 1 is 0.966 bits per heavy atom. The summed E-state index contributed by atoms with van der Waals surface area (Å²) >= 11 is 0. The number of ether oxygens (including phenoxy) is 1. The standard InChI is InChI=1S/C25H26O4/c26-22-10-9-19-14-21(8-7-20(19)15-22)23-13-17(6-12-25(27)28)5-11-24(23)29-16-18-3-1-2-4-18/h5,7-11,13-15,18,26H,1-4,6,12,16H2,(H,27,28). The van der Waals surface area contributed by atoms with Gasteiger partial charge in [-0.15, -0.1) is 0 Å². The molecule has 4 heteroatoms. The first-order valence-corrected chi connectivity index (χ1v) is 10.3. The molecule has 2 N–H and O–H groups in total. The van der Waals surface area contributed by atoms with Crippen LogP contribution in [0.25, 0.3) is 21.9 Å². The molecule has 0 heterocycles. The second-order valence-corrected chi connectivity index (χ2v) is 7.93. The van der Waals surface area contributed by atoms with Gasteiger partial charge in [0.05, 0.1) is 6.61 Å². The molecule has 150 valence electrons. The normalized spacial score (nSPS) is 14.3. The zero-order valence-electron chi connectivity index (χ0n) is 16.4. The number of hydrogen-bond acceptors (Lipinski definition) is 3. The number of carbonyl (C=O) groups is 1. The van der Waals surface area contributed by atoms with E-state index in [4.69, 9.17) is 9.84 Å². The predicted octanol–water partition coefficient (Wildman–Crippen LogP) is 5.80. The molecule has 4 nitrogen and oxygen atoms in total. The molecular formula is C25H26O4. The van der Waals surface area contributed by atoms with Crippen LogP contribution in [0.4, 0.5) is 0 Å². The third-order valence-electron chi connectivity index (χ3n) is 5.76. The molecule has 0 atom stereocenters. The molecule has 3 aromatic rings. The molecule has 0 aliphatic heterocycles. The van der Waals surface area contributed by atoms with Crippen molar-refractivity contribution in [1.29, 1.82) is 0 Å². The predicted molar refractivity (Wildman–Crippen MR) is 114 cm³/mol. The van der Waals surface area contributed by atoms with Gasteiger partial charge in [0.25, 0.3) is 0 Å². The Morgan fingerprint density at radius 3 is 2.52 bits per heavy atom. The van der Waals surface area contributed by atoms with Gasteiger partial charge in [-0.3, -0.25) is 4.79 Å². The van der Waals surface area contributed by atoms with Crippen LogP contribution in [0, 0.1) is 5.92 Å². The van der Waals surface area contributed by atoms with Crippen molar-refractivity contribution < 1.29 is 19.7 Å². The molecular weight excluding hydrogens is 364 g/mol. The minimum Gasteiger partial charge on any atom is -0.508 e. The largest absolute Gasteiger partial charge is 0.508 e. The van der Waals surface area contributed by atoms with Crippen molar-refractivity contribution in [2.75, 3.05) is 6.61 Å². The second kappa shape index (κ2) is 8.56. The number of carboxylic acid groups (broad SMARTS) is 1. The Hall–Kier alpha value is -3.01. The fourth-order valence-corrected chi connectivity index (χ4v) is 4.12. The number of phenols is 1. The van der Waals surface area contributed by atoms with Gasteiger partial charge in [-0.25, -0.2) is 0 Å². The molecule has 4 rings (SSSR count).